The molecule has 1 rings (SSSR count). The Labute approximate surface area is 152 Å². The van der Waals surface area contributed by atoms with Gasteiger partial charge in [-0.25, -0.2) is 9.59 Å². The molecule has 6 heteroatoms. The third kappa shape index (κ3) is 8.98. The van der Waals surface area contributed by atoms with E-state index in [2.05, 4.69) is 5.32 Å². The van der Waals surface area contributed by atoms with Gasteiger partial charge < -0.3 is 19.7 Å². The molecular formula is C19H36N2O4. The molecule has 1 heterocycles. The van der Waals surface area contributed by atoms with Crippen LogP contribution in [0.2, 0.25) is 0 Å². The van der Waals surface area contributed by atoms with Gasteiger partial charge in [0.05, 0.1) is 0 Å². The molecule has 2 amide bonds. The molecule has 1 fully saturated rings. The molecule has 25 heavy (non-hydrogen) atoms. The van der Waals surface area contributed by atoms with Crippen molar-refractivity contribution in [1.29, 1.82) is 0 Å². The molecule has 0 aliphatic carbocycles. The molecule has 1 aliphatic heterocycles. The highest BCUT2D eigenvalue weighted by molar-refractivity contribution is 5.69. The Bertz CT molecular complexity index is 475. The lowest BCUT2D eigenvalue weighted by molar-refractivity contribution is 0.0137. The second kappa shape index (κ2) is 7.83. The van der Waals surface area contributed by atoms with E-state index in [0.29, 0.717) is 12.5 Å². The van der Waals surface area contributed by atoms with Crippen LogP contribution < -0.4 is 5.32 Å². The molecule has 6 nitrogen and oxygen atoms in total. The molecule has 0 aromatic carbocycles. The Morgan fingerprint density at radius 3 is 2.08 bits per heavy atom. The number of alkyl carbamates (subject to hydrolysis) is 1. The molecular weight excluding hydrogens is 320 g/mol. The SMILES string of the molecule is CC(C)(C[C@@H]1CCCN(C(=O)OC(C)(C)C)C1)NC(=O)OC(C)(C)C. The van der Waals surface area contributed by atoms with Gasteiger partial charge in [0, 0.05) is 18.6 Å². The molecule has 1 aliphatic rings. The van der Waals surface area contributed by atoms with Crippen LogP contribution in [0.4, 0.5) is 9.59 Å². The fourth-order valence-corrected chi connectivity index (χ4v) is 3.08. The molecule has 1 atom stereocenters. The highest BCUT2D eigenvalue weighted by Crippen LogP contribution is 2.26. The standard InChI is InChI=1S/C19H36N2O4/c1-17(2,3)24-15(22)20-19(7,8)12-14-10-9-11-21(13-14)16(23)25-18(4,5)6/h14H,9-13H2,1-8H3,(H,20,22)/t14-/m0/s1. The van der Waals surface area contributed by atoms with E-state index in [-0.39, 0.29) is 6.09 Å². The summed E-state index contributed by atoms with van der Waals surface area (Å²) in [7, 11) is 0. The zero-order valence-corrected chi connectivity index (χ0v) is 17.2. The molecule has 1 N–H and O–H groups in total. The maximum absolute atomic E-state index is 12.3. The summed E-state index contributed by atoms with van der Waals surface area (Å²) in [6, 6.07) is 0. The van der Waals surface area contributed by atoms with E-state index in [4.69, 9.17) is 9.47 Å². The maximum atomic E-state index is 12.3. The first-order valence-electron chi connectivity index (χ1n) is 9.16. The number of nitrogens with one attached hydrogen (secondary N) is 1. The van der Waals surface area contributed by atoms with Crippen LogP contribution in [0.1, 0.15) is 74.7 Å². The van der Waals surface area contributed by atoms with Crippen LogP contribution in [-0.2, 0) is 9.47 Å². The van der Waals surface area contributed by atoms with Crippen molar-refractivity contribution in [1.82, 2.24) is 10.2 Å². The van der Waals surface area contributed by atoms with Gasteiger partial charge in [-0.3, -0.25) is 0 Å². The van der Waals surface area contributed by atoms with Crippen LogP contribution in [0.15, 0.2) is 0 Å². The minimum Gasteiger partial charge on any atom is -0.444 e. The summed E-state index contributed by atoms with van der Waals surface area (Å²) in [5.74, 6) is 0.325. The van der Waals surface area contributed by atoms with E-state index in [1.807, 2.05) is 55.4 Å². The smallest absolute Gasteiger partial charge is 0.410 e. The van der Waals surface area contributed by atoms with E-state index < -0.39 is 22.8 Å². The summed E-state index contributed by atoms with van der Waals surface area (Å²) >= 11 is 0. The van der Waals surface area contributed by atoms with Crippen molar-refractivity contribution in [3.05, 3.63) is 0 Å². The number of amides is 2. The van der Waals surface area contributed by atoms with Crippen molar-refractivity contribution in [2.24, 2.45) is 5.92 Å². The summed E-state index contributed by atoms with van der Waals surface area (Å²) in [6.45, 7) is 16.5. The number of rotatable bonds is 3. The molecule has 0 spiro atoms. The van der Waals surface area contributed by atoms with Gasteiger partial charge in [-0.1, -0.05) is 0 Å². The Morgan fingerprint density at radius 1 is 1.00 bits per heavy atom. The number of hydrogen-bond acceptors (Lipinski definition) is 4. The lowest BCUT2D eigenvalue weighted by Crippen LogP contribution is -2.49. The number of piperidine rings is 1. The molecule has 0 bridgehead atoms. The first-order chi connectivity index (χ1) is 11.2. The first-order valence-corrected chi connectivity index (χ1v) is 9.16. The second-order valence-corrected chi connectivity index (χ2v) is 9.65. The van der Waals surface area contributed by atoms with E-state index >= 15 is 0 Å². The highest BCUT2D eigenvalue weighted by atomic mass is 16.6. The predicted octanol–water partition coefficient (Wildman–Crippen LogP) is 4.33. The largest absolute Gasteiger partial charge is 0.444 e. The van der Waals surface area contributed by atoms with Crippen LogP contribution in [0, 0.1) is 5.92 Å². The predicted molar refractivity (Wildman–Crippen MR) is 98.6 cm³/mol. The van der Waals surface area contributed by atoms with E-state index in [1.165, 1.54) is 0 Å². The van der Waals surface area contributed by atoms with Crippen molar-refractivity contribution in [3.63, 3.8) is 0 Å². The van der Waals surface area contributed by atoms with Crippen molar-refractivity contribution >= 4 is 12.2 Å². The fraction of sp³-hybridized carbons (Fsp3) is 0.895. The summed E-state index contributed by atoms with van der Waals surface area (Å²) < 4.78 is 10.8. The number of ether oxygens (including phenoxy) is 2. The third-order valence-corrected chi connectivity index (χ3v) is 3.81. The maximum Gasteiger partial charge on any atom is 0.410 e. The van der Waals surface area contributed by atoms with Crippen LogP contribution in [0.25, 0.3) is 0 Å². The van der Waals surface area contributed by atoms with Crippen molar-refractivity contribution in [3.8, 4) is 0 Å². The summed E-state index contributed by atoms with van der Waals surface area (Å²) in [5, 5.41) is 2.95. The highest BCUT2D eigenvalue weighted by Gasteiger charge is 2.32. The summed E-state index contributed by atoms with van der Waals surface area (Å²) in [6.07, 6.45) is 2.11. The molecule has 146 valence electrons. The van der Waals surface area contributed by atoms with Gasteiger partial charge in [-0.2, -0.15) is 0 Å². The van der Waals surface area contributed by atoms with Gasteiger partial charge in [0.1, 0.15) is 11.2 Å². The second-order valence-electron chi connectivity index (χ2n) is 9.65. The van der Waals surface area contributed by atoms with E-state index in [1.54, 1.807) is 4.90 Å². The lowest BCUT2D eigenvalue weighted by atomic mass is 9.85. The van der Waals surface area contributed by atoms with E-state index in [9.17, 15) is 9.59 Å². The van der Waals surface area contributed by atoms with Crippen molar-refractivity contribution in [2.45, 2.75) is 91.4 Å². The molecule has 0 aromatic heterocycles. The zero-order valence-electron chi connectivity index (χ0n) is 17.2. The fourth-order valence-electron chi connectivity index (χ4n) is 3.08. The minimum atomic E-state index is -0.515. The number of carbonyl (C=O) groups excluding carboxylic acids is 2. The Balaban J connectivity index is 2.57. The number of nitrogens with zero attached hydrogens (tertiary/aromatic N) is 1. The summed E-state index contributed by atoms with van der Waals surface area (Å²) in [4.78, 5) is 26.1. The lowest BCUT2D eigenvalue weighted by Gasteiger charge is -2.38. The van der Waals surface area contributed by atoms with Crippen LogP contribution >= 0.6 is 0 Å². The van der Waals surface area contributed by atoms with Crippen molar-refractivity contribution < 1.29 is 19.1 Å². The minimum absolute atomic E-state index is 0.255. The average Bonchev–Trinajstić information content (AvgIpc) is 2.32. The van der Waals surface area contributed by atoms with Crippen LogP contribution in [0.3, 0.4) is 0 Å². The third-order valence-electron chi connectivity index (χ3n) is 3.81. The van der Waals surface area contributed by atoms with Gasteiger partial charge in [-0.15, -0.1) is 0 Å². The van der Waals surface area contributed by atoms with E-state index in [0.717, 1.165) is 25.8 Å². The van der Waals surface area contributed by atoms with Gasteiger partial charge in [0.2, 0.25) is 0 Å². The van der Waals surface area contributed by atoms with Gasteiger partial charge in [-0.05, 0) is 80.6 Å². The monoisotopic (exact) mass is 356 g/mol. The summed E-state index contributed by atoms with van der Waals surface area (Å²) in [5.41, 5.74) is -1.40. The number of hydrogen-bond donors (Lipinski definition) is 1. The van der Waals surface area contributed by atoms with Gasteiger partial charge >= 0.3 is 12.2 Å². The molecule has 0 radical (unpaired) electrons. The first kappa shape index (κ1) is 21.6. The zero-order chi connectivity index (χ0) is 19.5. The number of carbonyl (C=O) groups is 2. The van der Waals surface area contributed by atoms with Crippen LogP contribution in [0.5, 0.6) is 0 Å². The topological polar surface area (TPSA) is 67.9 Å². The van der Waals surface area contributed by atoms with Gasteiger partial charge in [0.25, 0.3) is 0 Å². The van der Waals surface area contributed by atoms with Gasteiger partial charge in [0.15, 0.2) is 0 Å². The van der Waals surface area contributed by atoms with Crippen molar-refractivity contribution in [2.75, 3.05) is 13.1 Å². The normalized spacial score (nSPS) is 19.4. The Hall–Kier alpha value is -1.46. The number of likely N-dealkylation sites (tertiary alicyclic amines) is 1. The quantitative estimate of drug-likeness (QED) is 0.817. The Kier molecular flexibility index (Phi) is 6.76. The average molecular weight is 357 g/mol. The molecule has 0 unspecified atom stereocenters. The molecule has 0 aromatic rings. The molecule has 1 saturated heterocycles. The van der Waals surface area contributed by atoms with Crippen LogP contribution in [-0.4, -0.2) is 46.9 Å². The molecule has 0 saturated carbocycles. The Morgan fingerprint density at radius 2 is 1.56 bits per heavy atom.